The molecule has 1 unspecified atom stereocenters. The molecule has 2 aromatic heterocycles. The molecule has 3 rings (SSSR count). The predicted molar refractivity (Wildman–Crippen MR) is 162 cm³/mol. The summed E-state index contributed by atoms with van der Waals surface area (Å²) in [6.45, 7) is 23.7. The molecule has 0 aliphatic carbocycles. The van der Waals surface area contributed by atoms with Crippen molar-refractivity contribution in [3.63, 3.8) is 0 Å². The highest BCUT2D eigenvalue weighted by Crippen LogP contribution is 2.40. The van der Waals surface area contributed by atoms with Crippen LogP contribution >= 0.6 is 0 Å². The SMILES string of the molecule is CC(C)CNc1nc2c(ncn2[C@@H]2O[C@H](CO[Si](C)(C(C)C)C(C)C)[C@H](O[Si](O)(C(C)C)C(C)C)C2O)c(=O)[nH]1. The van der Waals surface area contributed by atoms with Crippen LogP contribution < -0.4 is 10.9 Å². The Bertz CT molecular complexity index is 1170. The molecular weight excluding hydrogens is 546 g/mol. The lowest BCUT2D eigenvalue weighted by atomic mass is 10.1. The lowest BCUT2D eigenvalue weighted by molar-refractivity contribution is -0.0493. The predicted octanol–water partition coefficient (Wildman–Crippen LogP) is 4.50. The van der Waals surface area contributed by atoms with Crippen LogP contribution in [0.4, 0.5) is 5.95 Å². The van der Waals surface area contributed by atoms with Crippen molar-refractivity contribution in [3.8, 4) is 0 Å². The Morgan fingerprint density at radius 2 is 1.68 bits per heavy atom. The minimum atomic E-state index is -3.27. The quantitative estimate of drug-likeness (QED) is 0.245. The van der Waals surface area contributed by atoms with Gasteiger partial charge in [-0.05, 0) is 34.6 Å². The second kappa shape index (κ2) is 12.7. The van der Waals surface area contributed by atoms with Gasteiger partial charge in [0.25, 0.3) is 5.56 Å². The van der Waals surface area contributed by atoms with Gasteiger partial charge in [0.15, 0.2) is 25.7 Å². The molecule has 2 aromatic rings. The van der Waals surface area contributed by atoms with E-state index >= 15 is 0 Å². The van der Waals surface area contributed by atoms with Gasteiger partial charge in [-0.3, -0.25) is 14.3 Å². The number of nitrogens with zero attached hydrogens (tertiary/aromatic N) is 3. The first-order chi connectivity index (χ1) is 18.5. The smallest absolute Gasteiger partial charge is 0.341 e. The molecule has 4 N–H and O–H groups in total. The van der Waals surface area contributed by atoms with Crippen LogP contribution in [0.5, 0.6) is 0 Å². The Labute approximate surface area is 240 Å². The molecular formula is C27H51N5O6Si2. The van der Waals surface area contributed by atoms with Crippen LogP contribution in [0.15, 0.2) is 11.1 Å². The number of anilines is 1. The standard InChI is InChI=1S/C27H51N5O6Si2/c1-15(2)12-28-27-30-24-21(25(34)31-27)29-14-32(24)26-22(33)23(38-40(35,18(7)8)19(9)10)20(37-26)13-36-39(11,16(3)4)17(5)6/h14-20,22-23,26,33,35H,12-13H2,1-11H3,(H2,28,30,31,34)/t20-,22?,23+,26-/m1/s1. The van der Waals surface area contributed by atoms with Crippen molar-refractivity contribution < 1.29 is 23.5 Å². The summed E-state index contributed by atoms with van der Waals surface area (Å²) in [5, 5.41) is 14.8. The number of hydrogen-bond acceptors (Lipinski definition) is 9. The van der Waals surface area contributed by atoms with Crippen LogP contribution in [0.25, 0.3) is 11.2 Å². The van der Waals surface area contributed by atoms with Crippen LogP contribution in [-0.2, 0) is 13.6 Å². The molecule has 0 saturated carbocycles. The maximum Gasteiger partial charge on any atom is 0.341 e. The van der Waals surface area contributed by atoms with Gasteiger partial charge in [-0.1, -0.05) is 69.2 Å². The first-order valence-corrected chi connectivity index (χ1v) is 19.2. The number of imidazole rings is 1. The Hall–Kier alpha value is -1.62. The van der Waals surface area contributed by atoms with Crippen molar-refractivity contribution in [2.45, 2.75) is 122 Å². The normalized spacial score (nSPS) is 22.6. The van der Waals surface area contributed by atoms with Gasteiger partial charge in [0, 0.05) is 6.54 Å². The lowest BCUT2D eigenvalue weighted by Crippen LogP contribution is -2.53. The molecule has 228 valence electrons. The fourth-order valence-electron chi connectivity index (χ4n) is 5.14. The highest BCUT2D eigenvalue weighted by molar-refractivity contribution is 6.75. The number of hydrogen-bond donors (Lipinski definition) is 4. The summed E-state index contributed by atoms with van der Waals surface area (Å²) in [5.41, 5.74) is 0.604. The number of aromatic nitrogens is 4. The number of H-pyrrole nitrogens is 1. The van der Waals surface area contributed by atoms with Gasteiger partial charge in [0.05, 0.1) is 12.9 Å². The highest BCUT2D eigenvalue weighted by Gasteiger charge is 2.53. The number of aliphatic hydroxyl groups excluding tert-OH is 1. The number of rotatable bonds is 13. The van der Waals surface area contributed by atoms with Crippen LogP contribution in [-0.4, -0.2) is 77.8 Å². The number of nitrogens with one attached hydrogen (secondary N) is 2. The first kappa shape index (κ1) is 32.9. The molecule has 1 saturated heterocycles. The zero-order chi connectivity index (χ0) is 30.2. The molecule has 1 aliphatic heterocycles. The number of aliphatic hydroxyl groups is 1. The van der Waals surface area contributed by atoms with Crippen molar-refractivity contribution in [2.24, 2.45) is 5.92 Å². The topological polar surface area (TPSA) is 144 Å². The van der Waals surface area contributed by atoms with Crippen molar-refractivity contribution in [2.75, 3.05) is 18.5 Å². The molecule has 1 aliphatic rings. The molecule has 4 atom stereocenters. The van der Waals surface area contributed by atoms with E-state index in [1.165, 1.54) is 6.33 Å². The summed E-state index contributed by atoms with van der Waals surface area (Å²) in [6.07, 6.45) is -2.09. The van der Waals surface area contributed by atoms with Crippen LogP contribution in [0.2, 0.25) is 28.7 Å². The maximum atomic E-state index is 12.8. The minimum Gasteiger partial charge on any atom is -0.414 e. The van der Waals surface area contributed by atoms with Gasteiger partial charge < -0.3 is 28.8 Å². The Morgan fingerprint density at radius 1 is 1.07 bits per heavy atom. The summed E-state index contributed by atoms with van der Waals surface area (Å²) in [7, 11) is -5.41. The molecule has 13 heteroatoms. The van der Waals surface area contributed by atoms with Gasteiger partial charge in [-0.2, -0.15) is 4.98 Å². The third kappa shape index (κ3) is 6.55. The Morgan fingerprint density at radius 3 is 2.20 bits per heavy atom. The van der Waals surface area contributed by atoms with Crippen LogP contribution in [0.3, 0.4) is 0 Å². The van der Waals surface area contributed by atoms with E-state index in [1.807, 2.05) is 27.7 Å². The van der Waals surface area contributed by atoms with Crippen molar-refractivity contribution >= 4 is 34.0 Å². The van der Waals surface area contributed by atoms with Crippen LogP contribution in [0, 0.1) is 5.92 Å². The van der Waals surface area contributed by atoms with Gasteiger partial charge in [-0.25, -0.2) is 4.98 Å². The maximum absolute atomic E-state index is 12.8. The summed E-state index contributed by atoms with van der Waals surface area (Å²) >= 11 is 0. The highest BCUT2D eigenvalue weighted by atomic mass is 28.4. The van der Waals surface area contributed by atoms with Gasteiger partial charge in [-0.15, -0.1) is 0 Å². The second-order valence-corrected chi connectivity index (χ2v) is 22.0. The fourth-order valence-corrected chi connectivity index (χ4v) is 10.3. The zero-order valence-electron chi connectivity index (χ0n) is 26.1. The Balaban J connectivity index is 2.02. The molecule has 0 bridgehead atoms. The molecule has 3 heterocycles. The van der Waals surface area contributed by atoms with Gasteiger partial charge in [0.1, 0.15) is 18.3 Å². The Kier molecular flexibility index (Phi) is 10.5. The van der Waals surface area contributed by atoms with Crippen molar-refractivity contribution in [1.29, 1.82) is 0 Å². The van der Waals surface area contributed by atoms with E-state index in [-0.39, 0.29) is 28.8 Å². The van der Waals surface area contributed by atoms with E-state index < -0.39 is 41.4 Å². The van der Waals surface area contributed by atoms with E-state index in [9.17, 15) is 14.7 Å². The van der Waals surface area contributed by atoms with E-state index in [0.717, 1.165) is 0 Å². The summed E-state index contributed by atoms with van der Waals surface area (Å²) in [6, 6.07) is 0. The number of aromatic amines is 1. The average Bonchev–Trinajstić information content (AvgIpc) is 3.41. The third-order valence-electron chi connectivity index (χ3n) is 8.52. The van der Waals surface area contributed by atoms with Gasteiger partial charge >= 0.3 is 8.56 Å². The molecule has 0 radical (unpaired) electrons. The molecule has 40 heavy (non-hydrogen) atoms. The van der Waals surface area contributed by atoms with Gasteiger partial charge in [0.2, 0.25) is 5.95 Å². The molecule has 0 amide bonds. The zero-order valence-corrected chi connectivity index (χ0v) is 28.1. The van der Waals surface area contributed by atoms with E-state index in [2.05, 4.69) is 68.4 Å². The molecule has 0 spiro atoms. The van der Waals surface area contributed by atoms with E-state index in [4.69, 9.17) is 13.6 Å². The monoisotopic (exact) mass is 597 g/mol. The third-order valence-corrected chi connectivity index (χ3v) is 17.9. The van der Waals surface area contributed by atoms with E-state index in [1.54, 1.807) is 4.57 Å². The second-order valence-electron chi connectivity index (χ2n) is 13.0. The minimum absolute atomic E-state index is 0.102. The van der Waals surface area contributed by atoms with Crippen LogP contribution in [0.1, 0.15) is 75.5 Å². The molecule has 11 nitrogen and oxygen atoms in total. The average molecular weight is 598 g/mol. The number of ether oxygens (including phenoxy) is 1. The molecule has 0 aromatic carbocycles. The van der Waals surface area contributed by atoms with Crippen molar-refractivity contribution in [3.05, 3.63) is 16.7 Å². The molecule has 1 fully saturated rings. The fraction of sp³-hybridized carbons (Fsp3) is 0.815. The number of fused-ring (bicyclic) bond motifs is 1. The largest absolute Gasteiger partial charge is 0.414 e. The summed E-state index contributed by atoms with van der Waals surface area (Å²) < 4.78 is 21.2. The first-order valence-electron chi connectivity index (χ1n) is 14.6. The van der Waals surface area contributed by atoms with Crippen molar-refractivity contribution in [1.82, 2.24) is 19.5 Å². The summed E-state index contributed by atoms with van der Waals surface area (Å²) in [5.74, 6) is 0.672. The summed E-state index contributed by atoms with van der Waals surface area (Å²) in [4.78, 5) is 36.0. The lowest BCUT2D eigenvalue weighted by Gasteiger charge is -2.39. The van der Waals surface area contributed by atoms with E-state index in [0.29, 0.717) is 35.1 Å².